The lowest BCUT2D eigenvalue weighted by Crippen LogP contribution is -2.21. The summed E-state index contributed by atoms with van der Waals surface area (Å²) in [5.41, 5.74) is -0.545. The third-order valence-electron chi connectivity index (χ3n) is 2.87. The van der Waals surface area contributed by atoms with Gasteiger partial charge in [0.2, 0.25) is 0 Å². The lowest BCUT2D eigenvalue weighted by molar-refractivity contribution is -0.153. The smallest absolute Gasteiger partial charge is 0.422 e. The van der Waals surface area contributed by atoms with Gasteiger partial charge >= 0.3 is 12.1 Å². The quantitative estimate of drug-likeness (QED) is 0.580. The van der Waals surface area contributed by atoms with Gasteiger partial charge in [-0.15, -0.1) is 11.3 Å². The van der Waals surface area contributed by atoms with Crippen molar-refractivity contribution in [1.29, 1.82) is 0 Å². The van der Waals surface area contributed by atoms with E-state index < -0.39 is 50.9 Å². The first-order valence-electron chi connectivity index (χ1n) is 6.71. The van der Waals surface area contributed by atoms with Gasteiger partial charge in [-0.25, -0.2) is 17.6 Å². The molecule has 0 saturated heterocycles. The van der Waals surface area contributed by atoms with Crippen molar-refractivity contribution in [1.82, 2.24) is 0 Å². The summed E-state index contributed by atoms with van der Waals surface area (Å²) in [5, 5.41) is 1.31. The molecule has 0 spiro atoms. The fourth-order valence-electron chi connectivity index (χ4n) is 1.82. The second-order valence-electron chi connectivity index (χ2n) is 4.76. The number of ether oxygens (including phenoxy) is 2. The second-order valence-corrected chi connectivity index (χ2v) is 7.32. The van der Waals surface area contributed by atoms with E-state index in [1.54, 1.807) is 0 Å². The zero-order valence-electron chi connectivity index (χ0n) is 13.0. The molecule has 0 bridgehead atoms. The molecule has 26 heavy (non-hydrogen) atoms. The molecule has 1 aromatic carbocycles. The van der Waals surface area contributed by atoms with Crippen LogP contribution in [0.2, 0.25) is 0 Å². The van der Waals surface area contributed by atoms with Crippen LogP contribution >= 0.6 is 11.3 Å². The monoisotopic (exact) mass is 413 g/mol. The Balaban J connectivity index is 2.36. The number of benzene rings is 1. The van der Waals surface area contributed by atoms with E-state index in [1.165, 1.54) is 5.38 Å². The number of rotatable bonds is 6. The number of carbonyl (C=O) groups excluding carboxylic acids is 1. The highest BCUT2D eigenvalue weighted by Crippen LogP contribution is 2.31. The number of thiophene rings is 1. The van der Waals surface area contributed by atoms with Gasteiger partial charge < -0.3 is 9.47 Å². The summed E-state index contributed by atoms with van der Waals surface area (Å²) in [7, 11) is -3.36. The molecule has 0 radical (unpaired) electrons. The molecule has 0 unspecified atom stereocenters. The molecule has 0 aliphatic carbocycles. The predicted octanol–water partition coefficient (Wildman–Crippen LogP) is 3.42. The van der Waals surface area contributed by atoms with Gasteiger partial charge in [-0.05, 0) is 23.6 Å². The van der Waals surface area contributed by atoms with Gasteiger partial charge in [-0.3, -0.25) is 4.72 Å². The van der Waals surface area contributed by atoms with E-state index in [4.69, 9.17) is 0 Å². The highest BCUT2D eigenvalue weighted by Gasteiger charge is 2.30. The van der Waals surface area contributed by atoms with E-state index in [9.17, 15) is 30.8 Å². The summed E-state index contributed by atoms with van der Waals surface area (Å²) in [5.74, 6) is -2.34. The number of esters is 1. The normalized spacial score (nSPS) is 11.9. The van der Waals surface area contributed by atoms with Crippen molar-refractivity contribution >= 4 is 33.0 Å². The van der Waals surface area contributed by atoms with Crippen LogP contribution in [0.1, 0.15) is 9.67 Å². The topological polar surface area (TPSA) is 81.7 Å². The first kappa shape index (κ1) is 20.0. The van der Waals surface area contributed by atoms with Gasteiger partial charge in [-0.1, -0.05) is 0 Å². The maximum Gasteiger partial charge on any atom is 0.422 e. The van der Waals surface area contributed by atoms with Crippen molar-refractivity contribution in [2.45, 2.75) is 11.1 Å². The zero-order chi connectivity index (χ0) is 19.5. The lowest BCUT2D eigenvalue weighted by Gasteiger charge is -2.15. The molecule has 6 nitrogen and oxygen atoms in total. The zero-order valence-corrected chi connectivity index (χ0v) is 14.6. The molecular weight excluding hydrogens is 402 g/mol. The average Bonchev–Trinajstić information content (AvgIpc) is 3.02. The Morgan fingerprint density at radius 3 is 2.58 bits per heavy atom. The number of methoxy groups -OCH3 is 1. The van der Waals surface area contributed by atoms with Gasteiger partial charge in [0, 0.05) is 6.07 Å². The lowest BCUT2D eigenvalue weighted by atomic mass is 10.3. The highest BCUT2D eigenvalue weighted by molar-refractivity contribution is 7.93. The molecule has 2 rings (SSSR count). The van der Waals surface area contributed by atoms with E-state index >= 15 is 0 Å². The molecule has 0 saturated carbocycles. The summed E-state index contributed by atoms with van der Waals surface area (Å²) in [6.07, 6.45) is -4.67. The van der Waals surface area contributed by atoms with Crippen LogP contribution in [-0.4, -0.2) is 34.3 Å². The fourth-order valence-corrected chi connectivity index (χ4v) is 4.21. The first-order chi connectivity index (χ1) is 12.0. The maximum absolute atomic E-state index is 13.4. The van der Waals surface area contributed by atoms with Crippen LogP contribution in [0.15, 0.2) is 34.5 Å². The molecular formula is C14H11F4NO5S2. The molecule has 0 atom stereocenters. The Bertz CT molecular complexity index is 908. The Morgan fingerprint density at radius 2 is 1.96 bits per heavy atom. The molecule has 1 aromatic heterocycles. The first-order valence-corrected chi connectivity index (χ1v) is 9.07. The minimum absolute atomic E-state index is 0.242. The van der Waals surface area contributed by atoms with Gasteiger partial charge in [0.1, 0.15) is 21.3 Å². The van der Waals surface area contributed by atoms with E-state index in [2.05, 4.69) is 9.47 Å². The molecule has 0 aliphatic rings. The van der Waals surface area contributed by atoms with Crippen LogP contribution in [0.4, 0.5) is 23.2 Å². The highest BCUT2D eigenvalue weighted by atomic mass is 32.2. The van der Waals surface area contributed by atoms with Crippen LogP contribution in [0.3, 0.4) is 0 Å². The third-order valence-corrected chi connectivity index (χ3v) is 5.30. The van der Waals surface area contributed by atoms with Crippen molar-refractivity contribution in [3.63, 3.8) is 0 Å². The Labute approximate surface area is 149 Å². The van der Waals surface area contributed by atoms with Crippen LogP contribution in [0.5, 0.6) is 5.75 Å². The fraction of sp³-hybridized carbons (Fsp3) is 0.214. The number of hydrogen-bond acceptors (Lipinski definition) is 6. The number of anilines is 1. The molecule has 142 valence electrons. The molecule has 0 fully saturated rings. The van der Waals surface area contributed by atoms with Crippen LogP contribution in [-0.2, 0) is 14.8 Å². The number of halogens is 4. The van der Waals surface area contributed by atoms with Crippen molar-refractivity contribution < 1.29 is 40.2 Å². The van der Waals surface area contributed by atoms with Crippen molar-refractivity contribution in [3.8, 4) is 5.75 Å². The maximum atomic E-state index is 13.4. The minimum atomic E-state index is -4.67. The van der Waals surface area contributed by atoms with Gasteiger partial charge in [0.05, 0.1) is 12.8 Å². The number of alkyl halides is 3. The average molecular weight is 413 g/mol. The van der Waals surface area contributed by atoms with Crippen molar-refractivity contribution in [3.05, 3.63) is 40.3 Å². The SMILES string of the molecule is COC(=O)c1sccc1S(=O)(=O)Nc1cc(F)ccc1OCC(F)(F)F. The van der Waals surface area contributed by atoms with Crippen LogP contribution < -0.4 is 9.46 Å². The Morgan fingerprint density at radius 1 is 1.27 bits per heavy atom. The van der Waals surface area contributed by atoms with Crippen molar-refractivity contribution in [2.24, 2.45) is 0 Å². The van der Waals surface area contributed by atoms with E-state index in [0.717, 1.165) is 36.6 Å². The number of hydrogen-bond donors (Lipinski definition) is 1. The standard InChI is InChI=1S/C14H11F4NO5S2/c1-23-13(20)12-11(4-5-25-12)26(21,22)19-9-6-8(15)2-3-10(9)24-7-14(16,17)18/h2-6,19H,7H2,1H3. The van der Waals surface area contributed by atoms with E-state index in [-0.39, 0.29) is 4.88 Å². The third kappa shape index (κ3) is 4.85. The van der Waals surface area contributed by atoms with Crippen molar-refractivity contribution in [2.75, 3.05) is 18.4 Å². The molecule has 12 heteroatoms. The summed E-state index contributed by atoms with van der Waals surface area (Å²) < 4.78 is 86.2. The molecule has 1 heterocycles. The minimum Gasteiger partial charge on any atom is -0.482 e. The van der Waals surface area contributed by atoms with Crippen LogP contribution in [0.25, 0.3) is 0 Å². The number of nitrogens with one attached hydrogen (secondary N) is 1. The largest absolute Gasteiger partial charge is 0.482 e. The predicted molar refractivity (Wildman–Crippen MR) is 84.4 cm³/mol. The van der Waals surface area contributed by atoms with Gasteiger partial charge in [0.25, 0.3) is 10.0 Å². The van der Waals surface area contributed by atoms with E-state index in [1.807, 2.05) is 4.72 Å². The summed E-state index contributed by atoms with van der Waals surface area (Å²) in [4.78, 5) is 10.9. The summed E-state index contributed by atoms with van der Waals surface area (Å²) in [6, 6.07) is 3.43. The van der Waals surface area contributed by atoms with Crippen LogP contribution in [0, 0.1) is 5.82 Å². The summed E-state index contributed by atoms with van der Waals surface area (Å²) >= 11 is 0.793. The Kier molecular flexibility index (Phi) is 5.76. The molecule has 0 aliphatic heterocycles. The van der Waals surface area contributed by atoms with Gasteiger partial charge in [0.15, 0.2) is 6.61 Å². The number of sulfonamides is 1. The second kappa shape index (κ2) is 7.50. The summed E-state index contributed by atoms with van der Waals surface area (Å²) in [6.45, 7) is -1.70. The van der Waals surface area contributed by atoms with Gasteiger partial charge in [-0.2, -0.15) is 13.2 Å². The molecule has 0 amide bonds. The Hall–Kier alpha value is -2.34. The number of carbonyl (C=O) groups is 1. The molecule has 2 aromatic rings. The molecule has 1 N–H and O–H groups in total. The van der Waals surface area contributed by atoms with E-state index in [0.29, 0.717) is 6.07 Å².